The Hall–Kier alpha value is -2.09. The Morgan fingerprint density at radius 3 is 2.31 bits per heavy atom. The second kappa shape index (κ2) is 6.90. The van der Waals surface area contributed by atoms with Crippen molar-refractivity contribution in [1.29, 1.82) is 5.26 Å². The molecule has 2 fully saturated rings. The highest BCUT2D eigenvalue weighted by Gasteiger charge is 2.55. The van der Waals surface area contributed by atoms with Crippen LogP contribution >= 0.6 is 0 Å². The van der Waals surface area contributed by atoms with Gasteiger partial charge in [0.15, 0.2) is 0 Å². The van der Waals surface area contributed by atoms with Crippen molar-refractivity contribution in [3.8, 4) is 6.07 Å². The SMILES string of the molecule is Cc1ccc(S(=O)(=O)O)cc1.N#C[C@@H]1CC(F)(F)CN1C(=O)C1(N)CC1. The van der Waals surface area contributed by atoms with Gasteiger partial charge in [0.25, 0.3) is 16.0 Å². The summed E-state index contributed by atoms with van der Waals surface area (Å²) in [6.45, 7) is 1.16. The summed E-state index contributed by atoms with van der Waals surface area (Å²) in [5, 5.41) is 8.69. The second-order valence-electron chi connectivity index (χ2n) is 6.58. The Labute approximate surface area is 150 Å². The van der Waals surface area contributed by atoms with Gasteiger partial charge in [-0.1, -0.05) is 17.7 Å². The Bertz CT molecular complexity index is 830. The maximum Gasteiger partial charge on any atom is 0.294 e. The quantitative estimate of drug-likeness (QED) is 0.741. The molecule has 3 N–H and O–H groups in total. The fourth-order valence-electron chi connectivity index (χ4n) is 2.49. The van der Waals surface area contributed by atoms with Crippen molar-refractivity contribution in [1.82, 2.24) is 4.90 Å². The lowest BCUT2D eigenvalue weighted by Gasteiger charge is -2.22. The van der Waals surface area contributed by atoms with Crippen LogP contribution in [0.15, 0.2) is 29.2 Å². The van der Waals surface area contributed by atoms with E-state index >= 15 is 0 Å². The van der Waals surface area contributed by atoms with E-state index in [1.165, 1.54) is 12.1 Å². The number of halogens is 2. The van der Waals surface area contributed by atoms with Crippen LogP contribution in [0.3, 0.4) is 0 Å². The molecule has 1 heterocycles. The standard InChI is InChI=1S/C9H11F2N3O.C7H8O3S/c10-9(11)3-6(4-12)14(5-9)7(15)8(13)1-2-8;1-6-2-4-7(5-3-6)11(8,9)10/h6H,1-3,5,13H2;2-5H,1H3,(H,8,9,10)/t6-;/m0./s1. The normalized spacial score (nSPS) is 22.8. The predicted molar refractivity (Wildman–Crippen MR) is 87.8 cm³/mol. The molecule has 1 saturated carbocycles. The fourth-order valence-corrected chi connectivity index (χ4v) is 2.97. The molecule has 1 saturated heterocycles. The summed E-state index contributed by atoms with van der Waals surface area (Å²) in [6.07, 6.45) is 0.462. The van der Waals surface area contributed by atoms with Crippen molar-refractivity contribution in [2.75, 3.05) is 6.54 Å². The number of amides is 1. The lowest BCUT2D eigenvalue weighted by atomic mass is 10.2. The maximum atomic E-state index is 13.0. The summed E-state index contributed by atoms with van der Waals surface area (Å²) in [7, 11) is -4.02. The molecule has 1 aromatic carbocycles. The highest BCUT2D eigenvalue weighted by molar-refractivity contribution is 7.85. The Balaban J connectivity index is 0.000000197. The van der Waals surface area contributed by atoms with Crippen LogP contribution in [-0.2, 0) is 14.9 Å². The van der Waals surface area contributed by atoms with Crippen molar-refractivity contribution in [2.24, 2.45) is 5.73 Å². The van der Waals surface area contributed by atoms with Crippen molar-refractivity contribution >= 4 is 16.0 Å². The zero-order valence-electron chi connectivity index (χ0n) is 14.0. The van der Waals surface area contributed by atoms with Crippen LogP contribution in [0.25, 0.3) is 0 Å². The lowest BCUT2D eigenvalue weighted by molar-refractivity contribution is -0.134. The summed E-state index contributed by atoms with van der Waals surface area (Å²) >= 11 is 0. The Morgan fingerprint density at radius 2 is 1.88 bits per heavy atom. The van der Waals surface area contributed by atoms with Gasteiger partial charge in [-0.3, -0.25) is 9.35 Å². The highest BCUT2D eigenvalue weighted by Crippen LogP contribution is 2.39. The van der Waals surface area contributed by atoms with Gasteiger partial charge in [0.1, 0.15) is 6.04 Å². The molecule has 1 aliphatic carbocycles. The van der Waals surface area contributed by atoms with Crippen LogP contribution in [0, 0.1) is 18.3 Å². The van der Waals surface area contributed by atoms with Gasteiger partial charge in [-0.2, -0.15) is 13.7 Å². The number of nitrogens with two attached hydrogens (primary N) is 1. The first-order valence-corrected chi connectivity index (χ1v) is 9.24. The molecule has 10 heteroatoms. The molecule has 1 aliphatic heterocycles. The molecule has 0 bridgehead atoms. The van der Waals surface area contributed by atoms with Crippen molar-refractivity contribution in [3.05, 3.63) is 29.8 Å². The number of nitriles is 1. The van der Waals surface area contributed by atoms with E-state index in [1.807, 2.05) is 6.92 Å². The highest BCUT2D eigenvalue weighted by atomic mass is 32.2. The number of hydrogen-bond acceptors (Lipinski definition) is 5. The summed E-state index contributed by atoms with van der Waals surface area (Å²) < 4.78 is 55.6. The van der Waals surface area contributed by atoms with Crippen LogP contribution in [0.4, 0.5) is 8.78 Å². The molecule has 142 valence electrons. The van der Waals surface area contributed by atoms with Gasteiger partial charge in [0, 0.05) is 6.42 Å². The zero-order valence-corrected chi connectivity index (χ0v) is 14.8. The van der Waals surface area contributed by atoms with Gasteiger partial charge < -0.3 is 10.6 Å². The van der Waals surface area contributed by atoms with E-state index in [0.29, 0.717) is 12.8 Å². The van der Waals surface area contributed by atoms with E-state index in [0.717, 1.165) is 10.5 Å². The third-order valence-electron chi connectivity index (χ3n) is 4.21. The smallest absolute Gasteiger partial charge is 0.294 e. The average molecular weight is 387 g/mol. The molecule has 2 aliphatic rings. The minimum atomic E-state index is -4.02. The van der Waals surface area contributed by atoms with Crippen LogP contribution in [0.5, 0.6) is 0 Å². The minimum Gasteiger partial charge on any atom is -0.319 e. The summed E-state index contributed by atoms with van der Waals surface area (Å²) in [5.41, 5.74) is 5.61. The lowest BCUT2D eigenvalue weighted by Crippen LogP contribution is -2.48. The molecule has 0 radical (unpaired) electrons. The molecule has 1 atom stereocenters. The predicted octanol–water partition coefficient (Wildman–Crippen LogP) is 1.48. The second-order valence-corrected chi connectivity index (χ2v) is 8.00. The number of nitrogens with zero attached hydrogens (tertiary/aromatic N) is 2. The van der Waals surface area contributed by atoms with Crippen LogP contribution in [0.2, 0.25) is 0 Å². The minimum absolute atomic E-state index is 0.0666. The van der Waals surface area contributed by atoms with Gasteiger partial charge in [-0.05, 0) is 31.9 Å². The van der Waals surface area contributed by atoms with Gasteiger partial charge in [0.2, 0.25) is 5.91 Å². The third kappa shape index (κ3) is 4.75. The molecule has 7 nitrogen and oxygen atoms in total. The number of carbonyl (C=O) groups is 1. The van der Waals surface area contributed by atoms with Crippen LogP contribution < -0.4 is 5.73 Å². The van der Waals surface area contributed by atoms with E-state index in [-0.39, 0.29) is 4.90 Å². The molecule has 26 heavy (non-hydrogen) atoms. The van der Waals surface area contributed by atoms with E-state index in [2.05, 4.69) is 0 Å². The van der Waals surface area contributed by atoms with Gasteiger partial charge in [0.05, 0.1) is 23.0 Å². The van der Waals surface area contributed by atoms with Crippen LogP contribution in [0.1, 0.15) is 24.8 Å². The zero-order chi connectivity index (χ0) is 19.8. The van der Waals surface area contributed by atoms with E-state index < -0.39 is 46.5 Å². The number of hydrogen-bond donors (Lipinski definition) is 2. The number of alkyl halides is 2. The van der Waals surface area contributed by atoms with E-state index in [1.54, 1.807) is 18.2 Å². The van der Waals surface area contributed by atoms with Crippen molar-refractivity contribution in [3.63, 3.8) is 0 Å². The summed E-state index contributed by atoms with van der Waals surface area (Å²) in [6, 6.07) is 6.67. The molecule has 0 spiro atoms. The van der Waals surface area contributed by atoms with Crippen molar-refractivity contribution in [2.45, 2.75) is 48.6 Å². The third-order valence-corrected chi connectivity index (χ3v) is 5.08. The fraction of sp³-hybridized carbons (Fsp3) is 0.500. The van der Waals surface area contributed by atoms with Gasteiger partial charge in [-0.25, -0.2) is 8.78 Å². The van der Waals surface area contributed by atoms with Crippen LogP contribution in [-0.4, -0.2) is 47.8 Å². The number of rotatable bonds is 2. The van der Waals surface area contributed by atoms with E-state index in [4.69, 9.17) is 15.5 Å². The maximum absolute atomic E-state index is 13.0. The first kappa shape index (κ1) is 20.2. The number of aryl methyl sites for hydroxylation is 1. The Morgan fingerprint density at radius 1 is 1.35 bits per heavy atom. The van der Waals surface area contributed by atoms with Crippen molar-refractivity contribution < 1.29 is 26.5 Å². The molecular formula is C16H19F2N3O4S. The van der Waals surface area contributed by atoms with Gasteiger partial charge in [-0.15, -0.1) is 0 Å². The first-order valence-electron chi connectivity index (χ1n) is 7.79. The topological polar surface area (TPSA) is 124 Å². The molecule has 0 unspecified atom stereocenters. The molecule has 3 rings (SSSR count). The molecular weight excluding hydrogens is 368 g/mol. The number of carbonyl (C=O) groups excluding carboxylic acids is 1. The molecule has 0 aromatic heterocycles. The van der Waals surface area contributed by atoms with Gasteiger partial charge >= 0.3 is 0 Å². The Kier molecular flexibility index (Phi) is 5.37. The first-order chi connectivity index (χ1) is 11.9. The average Bonchev–Trinajstić information content (AvgIpc) is 3.21. The summed E-state index contributed by atoms with van der Waals surface area (Å²) in [4.78, 5) is 12.6. The number of likely N-dealkylation sites (tertiary alicyclic amines) is 1. The number of benzene rings is 1. The molecule has 1 aromatic rings. The summed E-state index contributed by atoms with van der Waals surface area (Å²) in [5.74, 6) is -3.47. The monoisotopic (exact) mass is 387 g/mol. The largest absolute Gasteiger partial charge is 0.319 e. The van der Waals surface area contributed by atoms with E-state index in [9.17, 15) is 22.0 Å². The molecule has 1 amide bonds.